The molecule has 2 fully saturated rings. The second-order valence-corrected chi connectivity index (χ2v) is 5.79. The van der Waals surface area contributed by atoms with Gasteiger partial charge in [0.25, 0.3) is 0 Å². The molecule has 1 aromatic rings. The summed E-state index contributed by atoms with van der Waals surface area (Å²) in [6.07, 6.45) is 3.20. The van der Waals surface area contributed by atoms with E-state index in [1.807, 2.05) is 18.0 Å². The van der Waals surface area contributed by atoms with Crippen LogP contribution in [0.2, 0.25) is 0 Å². The lowest BCUT2D eigenvalue weighted by molar-refractivity contribution is -0.133. The number of nitrogens with one attached hydrogen (secondary N) is 1. The van der Waals surface area contributed by atoms with Gasteiger partial charge in [-0.15, -0.1) is 0 Å². The quantitative estimate of drug-likeness (QED) is 0.899. The maximum atomic E-state index is 12.5. The lowest BCUT2D eigenvalue weighted by atomic mass is 10.0. The summed E-state index contributed by atoms with van der Waals surface area (Å²) >= 11 is 0. The van der Waals surface area contributed by atoms with E-state index in [0.717, 1.165) is 32.4 Å². The van der Waals surface area contributed by atoms with Crippen LogP contribution in [0.25, 0.3) is 0 Å². The van der Waals surface area contributed by atoms with Gasteiger partial charge in [-0.05, 0) is 43.8 Å². The summed E-state index contributed by atoms with van der Waals surface area (Å²) in [7, 11) is 1.98. The molecule has 1 N–H and O–H groups in total. The second kappa shape index (κ2) is 5.33. The van der Waals surface area contributed by atoms with E-state index in [1.165, 1.54) is 5.56 Å². The Kier molecular flexibility index (Phi) is 3.56. The smallest absolute Gasteiger partial charge is 0.226 e. The number of hydrogen-bond acceptors (Lipinski definition) is 2. The van der Waals surface area contributed by atoms with Gasteiger partial charge in [0.05, 0.1) is 0 Å². The zero-order valence-electron chi connectivity index (χ0n) is 11.5. The van der Waals surface area contributed by atoms with Crippen molar-refractivity contribution in [3.8, 4) is 0 Å². The Bertz CT molecular complexity index is 439. The maximum Gasteiger partial charge on any atom is 0.226 e. The van der Waals surface area contributed by atoms with Crippen LogP contribution in [0.15, 0.2) is 30.3 Å². The fourth-order valence-electron chi connectivity index (χ4n) is 3.17. The first-order valence-electron chi connectivity index (χ1n) is 7.29. The highest BCUT2D eigenvalue weighted by Gasteiger charge is 2.45. The minimum Gasteiger partial charge on any atom is -0.342 e. The summed E-state index contributed by atoms with van der Waals surface area (Å²) in [6, 6.07) is 10.9. The summed E-state index contributed by atoms with van der Waals surface area (Å²) in [4.78, 5) is 14.5. The molecule has 0 bridgehead atoms. The molecule has 1 saturated heterocycles. The van der Waals surface area contributed by atoms with Crippen LogP contribution in [-0.2, 0) is 4.79 Å². The van der Waals surface area contributed by atoms with E-state index in [0.29, 0.717) is 17.9 Å². The van der Waals surface area contributed by atoms with Crippen molar-refractivity contribution in [3.63, 3.8) is 0 Å². The molecule has 1 saturated carbocycles. The molecule has 1 aliphatic heterocycles. The summed E-state index contributed by atoms with van der Waals surface area (Å²) in [5.41, 5.74) is 1.32. The molecule has 1 amide bonds. The van der Waals surface area contributed by atoms with Crippen LogP contribution in [0.4, 0.5) is 0 Å². The Morgan fingerprint density at radius 1 is 1.21 bits per heavy atom. The monoisotopic (exact) mass is 258 g/mol. The van der Waals surface area contributed by atoms with Gasteiger partial charge in [-0.2, -0.15) is 0 Å². The molecule has 3 nitrogen and oxygen atoms in total. The van der Waals surface area contributed by atoms with E-state index < -0.39 is 0 Å². The molecule has 19 heavy (non-hydrogen) atoms. The minimum absolute atomic E-state index is 0.224. The fraction of sp³-hybridized carbons (Fsp3) is 0.562. The number of nitrogens with zero attached hydrogens (tertiary/aromatic N) is 1. The van der Waals surface area contributed by atoms with Crippen molar-refractivity contribution in [2.24, 2.45) is 5.92 Å². The number of hydrogen-bond donors (Lipinski definition) is 1. The van der Waals surface area contributed by atoms with Gasteiger partial charge in [-0.25, -0.2) is 0 Å². The molecule has 0 radical (unpaired) electrons. The molecule has 1 aromatic carbocycles. The van der Waals surface area contributed by atoms with Gasteiger partial charge in [-0.3, -0.25) is 4.79 Å². The van der Waals surface area contributed by atoms with Gasteiger partial charge in [0, 0.05) is 19.0 Å². The van der Waals surface area contributed by atoms with Crippen molar-refractivity contribution in [1.82, 2.24) is 10.2 Å². The molecule has 1 aliphatic carbocycles. The first-order chi connectivity index (χ1) is 9.27. The molecular weight excluding hydrogens is 236 g/mol. The van der Waals surface area contributed by atoms with Crippen molar-refractivity contribution in [1.29, 1.82) is 0 Å². The molecule has 2 atom stereocenters. The van der Waals surface area contributed by atoms with E-state index in [-0.39, 0.29) is 5.92 Å². The highest BCUT2D eigenvalue weighted by Crippen LogP contribution is 2.48. The first kappa shape index (κ1) is 12.7. The van der Waals surface area contributed by atoms with E-state index in [9.17, 15) is 4.79 Å². The molecular formula is C16H22N2O. The molecule has 102 valence electrons. The number of carbonyl (C=O) groups is 1. The standard InChI is InChI=1S/C16H22N2O/c1-18(13-7-9-17-10-8-13)16(19)15-11-14(15)12-5-3-2-4-6-12/h2-6,13-15,17H,7-11H2,1H3. The Balaban J connectivity index is 1.60. The van der Waals surface area contributed by atoms with E-state index in [2.05, 4.69) is 29.6 Å². The third kappa shape index (κ3) is 2.66. The van der Waals surface area contributed by atoms with Crippen molar-refractivity contribution >= 4 is 5.91 Å². The normalized spacial score (nSPS) is 27.0. The number of benzene rings is 1. The molecule has 2 unspecified atom stereocenters. The van der Waals surface area contributed by atoms with Crippen LogP contribution in [0.1, 0.15) is 30.7 Å². The number of amides is 1. The SMILES string of the molecule is CN(C(=O)C1CC1c1ccccc1)C1CCNCC1. The predicted molar refractivity (Wildman–Crippen MR) is 76.0 cm³/mol. The van der Waals surface area contributed by atoms with Crippen molar-refractivity contribution in [2.45, 2.75) is 31.2 Å². The van der Waals surface area contributed by atoms with Gasteiger partial charge in [0.15, 0.2) is 0 Å². The van der Waals surface area contributed by atoms with E-state index >= 15 is 0 Å². The number of piperidine rings is 1. The van der Waals surface area contributed by atoms with Crippen LogP contribution >= 0.6 is 0 Å². The Hall–Kier alpha value is -1.35. The Morgan fingerprint density at radius 3 is 2.58 bits per heavy atom. The molecule has 1 heterocycles. The first-order valence-corrected chi connectivity index (χ1v) is 7.29. The summed E-state index contributed by atoms with van der Waals surface area (Å²) in [5, 5.41) is 3.35. The van der Waals surface area contributed by atoms with Crippen LogP contribution < -0.4 is 5.32 Å². The topological polar surface area (TPSA) is 32.3 Å². The zero-order chi connectivity index (χ0) is 13.2. The third-order valence-electron chi connectivity index (χ3n) is 4.54. The average molecular weight is 258 g/mol. The molecule has 3 heteroatoms. The van der Waals surface area contributed by atoms with Crippen molar-refractivity contribution in [2.75, 3.05) is 20.1 Å². The zero-order valence-corrected chi connectivity index (χ0v) is 11.5. The average Bonchev–Trinajstić information content (AvgIpc) is 3.28. The molecule has 2 aliphatic rings. The lowest BCUT2D eigenvalue weighted by Gasteiger charge is -2.32. The molecule has 0 aromatic heterocycles. The van der Waals surface area contributed by atoms with Gasteiger partial charge < -0.3 is 10.2 Å². The number of rotatable bonds is 3. The van der Waals surface area contributed by atoms with Crippen LogP contribution in [0, 0.1) is 5.92 Å². The summed E-state index contributed by atoms with van der Waals surface area (Å²) in [5.74, 6) is 1.03. The van der Waals surface area contributed by atoms with Crippen LogP contribution in [-0.4, -0.2) is 37.0 Å². The largest absolute Gasteiger partial charge is 0.342 e. The van der Waals surface area contributed by atoms with Crippen LogP contribution in [0.5, 0.6) is 0 Å². The van der Waals surface area contributed by atoms with Crippen molar-refractivity contribution < 1.29 is 4.79 Å². The van der Waals surface area contributed by atoms with Crippen molar-refractivity contribution in [3.05, 3.63) is 35.9 Å². The van der Waals surface area contributed by atoms with Gasteiger partial charge in [0.1, 0.15) is 0 Å². The summed E-state index contributed by atoms with van der Waals surface area (Å²) < 4.78 is 0. The van der Waals surface area contributed by atoms with Gasteiger partial charge in [0.2, 0.25) is 5.91 Å². The van der Waals surface area contributed by atoms with Gasteiger partial charge in [-0.1, -0.05) is 30.3 Å². The van der Waals surface area contributed by atoms with Gasteiger partial charge >= 0.3 is 0 Å². The minimum atomic E-state index is 0.224. The third-order valence-corrected chi connectivity index (χ3v) is 4.54. The highest BCUT2D eigenvalue weighted by molar-refractivity contribution is 5.83. The predicted octanol–water partition coefficient (Wildman–Crippen LogP) is 2.00. The van der Waals surface area contributed by atoms with E-state index in [4.69, 9.17) is 0 Å². The second-order valence-electron chi connectivity index (χ2n) is 5.79. The summed E-state index contributed by atoms with van der Waals surface area (Å²) in [6.45, 7) is 2.07. The Morgan fingerprint density at radius 2 is 1.89 bits per heavy atom. The lowest BCUT2D eigenvalue weighted by Crippen LogP contribution is -2.44. The fourth-order valence-corrected chi connectivity index (χ4v) is 3.17. The molecule has 3 rings (SSSR count). The van der Waals surface area contributed by atoms with E-state index in [1.54, 1.807) is 0 Å². The maximum absolute atomic E-state index is 12.5. The van der Waals surface area contributed by atoms with Crippen LogP contribution in [0.3, 0.4) is 0 Å². The molecule has 0 spiro atoms. The Labute approximate surface area is 115 Å². The highest BCUT2D eigenvalue weighted by atomic mass is 16.2. The number of carbonyl (C=O) groups excluding carboxylic acids is 1.